The van der Waals surface area contributed by atoms with Crippen LogP contribution in [0.25, 0.3) is 22.1 Å². The second-order valence-corrected chi connectivity index (χ2v) is 10.9. The molecule has 0 N–H and O–H groups in total. The molecular formula is C31H37N7O. The van der Waals surface area contributed by atoms with Crippen molar-refractivity contribution >= 4 is 27.8 Å². The Kier molecular flexibility index (Phi) is 6.97. The van der Waals surface area contributed by atoms with Gasteiger partial charge < -0.3 is 19.3 Å². The Hall–Kier alpha value is -3.88. The fraction of sp³-hybridized carbons (Fsp3) is 0.355. The molecule has 0 amide bonds. The van der Waals surface area contributed by atoms with Crippen LogP contribution in [0, 0.1) is 0 Å². The van der Waals surface area contributed by atoms with Gasteiger partial charge in [-0.05, 0) is 63.1 Å². The summed E-state index contributed by atoms with van der Waals surface area (Å²) in [6.07, 6.45) is 0. The number of imidazole rings is 2. The molecule has 3 aromatic carbocycles. The third-order valence-electron chi connectivity index (χ3n) is 7.87. The number of benzene rings is 3. The topological polar surface area (TPSA) is 54.5 Å². The van der Waals surface area contributed by atoms with Crippen LogP contribution in [-0.2, 0) is 19.6 Å². The molecule has 0 spiro atoms. The van der Waals surface area contributed by atoms with Gasteiger partial charge in [0.1, 0.15) is 5.82 Å². The molecule has 2 aromatic heterocycles. The summed E-state index contributed by atoms with van der Waals surface area (Å²) in [5.41, 5.74) is 6.30. The van der Waals surface area contributed by atoms with Crippen molar-refractivity contribution < 1.29 is 0 Å². The predicted octanol–water partition coefficient (Wildman–Crippen LogP) is 3.56. The molecule has 1 aliphatic rings. The number of rotatable bonds is 8. The molecule has 8 nitrogen and oxygen atoms in total. The summed E-state index contributed by atoms with van der Waals surface area (Å²) in [5.74, 6) is 0.902. The van der Waals surface area contributed by atoms with E-state index in [4.69, 9.17) is 4.98 Å². The molecule has 0 unspecified atom stereocenters. The quantitative estimate of drug-likeness (QED) is 0.311. The molecule has 0 bridgehead atoms. The number of piperazine rings is 1. The first-order valence-corrected chi connectivity index (χ1v) is 13.8. The van der Waals surface area contributed by atoms with Crippen molar-refractivity contribution in [3.8, 4) is 0 Å². The molecule has 5 aromatic rings. The van der Waals surface area contributed by atoms with Crippen LogP contribution in [0.15, 0.2) is 77.6 Å². The molecule has 0 radical (unpaired) electrons. The molecule has 1 saturated heterocycles. The number of anilines is 1. The molecule has 0 aliphatic carbocycles. The first kappa shape index (κ1) is 25.4. The van der Waals surface area contributed by atoms with E-state index < -0.39 is 0 Å². The Morgan fingerprint density at radius 2 is 1.36 bits per heavy atom. The van der Waals surface area contributed by atoms with Crippen LogP contribution in [0.4, 0.5) is 5.69 Å². The lowest BCUT2D eigenvalue weighted by Gasteiger charge is -2.34. The van der Waals surface area contributed by atoms with E-state index in [0.29, 0.717) is 13.1 Å². The minimum absolute atomic E-state index is 0.00874. The lowest BCUT2D eigenvalue weighted by molar-refractivity contribution is 0.313. The molecule has 1 fully saturated rings. The van der Waals surface area contributed by atoms with Crippen molar-refractivity contribution in [3.05, 3.63) is 94.7 Å². The summed E-state index contributed by atoms with van der Waals surface area (Å²) in [4.78, 5) is 25.8. The van der Waals surface area contributed by atoms with Gasteiger partial charge in [0.05, 0.1) is 35.2 Å². The Balaban J connectivity index is 1.32. The van der Waals surface area contributed by atoms with Gasteiger partial charge in [0.25, 0.3) is 0 Å². The maximum absolute atomic E-state index is 13.9. The maximum Gasteiger partial charge on any atom is 0.329 e. The minimum Gasteiger partial charge on any atom is -0.369 e. The highest BCUT2D eigenvalue weighted by molar-refractivity contribution is 5.77. The van der Waals surface area contributed by atoms with Gasteiger partial charge in [0.2, 0.25) is 0 Å². The van der Waals surface area contributed by atoms with E-state index in [1.807, 2.05) is 51.6 Å². The van der Waals surface area contributed by atoms with Crippen molar-refractivity contribution in [3.63, 3.8) is 0 Å². The van der Waals surface area contributed by atoms with Crippen LogP contribution in [0.1, 0.15) is 11.4 Å². The average molecular weight is 524 g/mol. The number of likely N-dealkylation sites (N-methyl/N-ethyl adjacent to an activating group) is 2. The minimum atomic E-state index is -0.00874. The standard InChI is InChI=1S/C31H37N7O/c1-33(2)16-21-36-27-9-5-4-8-26(27)32-30(36)23-38-29-11-7-6-10-28(29)37(31(38)39)22-24-12-14-25(15-13-24)35-19-17-34(3)18-20-35/h4-15H,16-23H2,1-3H3. The second-order valence-electron chi connectivity index (χ2n) is 10.9. The summed E-state index contributed by atoms with van der Waals surface area (Å²) in [7, 11) is 6.33. The fourth-order valence-electron chi connectivity index (χ4n) is 5.57. The first-order chi connectivity index (χ1) is 19.0. The van der Waals surface area contributed by atoms with E-state index in [0.717, 1.165) is 72.7 Å². The van der Waals surface area contributed by atoms with Gasteiger partial charge in [-0.1, -0.05) is 36.4 Å². The Morgan fingerprint density at radius 3 is 2.03 bits per heavy atom. The van der Waals surface area contributed by atoms with Crippen molar-refractivity contribution in [2.75, 3.05) is 58.8 Å². The largest absolute Gasteiger partial charge is 0.369 e. The number of nitrogens with zero attached hydrogens (tertiary/aromatic N) is 7. The third-order valence-corrected chi connectivity index (χ3v) is 7.87. The zero-order valence-corrected chi connectivity index (χ0v) is 23.1. The maximum atomic E-state index is 13.9. The average Bonchev–Trinajstić information content (AvgIpc) is 3.43. The predicted molar refractivity (Wildman–Crippen MR) is 159 cm³/mol. The summed E-state index contributed by atoms with van der Waals surface area (Å²) >= 11 is 0. The molecule has 6 rings (SSSR count). The van der Waals surface area contributed by atoms with Crippen LogP contribution in [0.5, 0.6) is 0 Å². The van der Waals surface area contributed by atoms with Crippen LogP contribution < -0.4 is 10.6 Å². The SMILES string of the molecule is CN(C)CCn1c(Cn2c(=O)n(Cc3ccc(N4CCN(C)CC4)cc3)c3ccccc32)nc2ccccc21. The van der Waals surface area contributed by atoms with E-state index in [9.17, 15) is 4.79 Å². The molecule has 3 heterocycles. The number of hydrogen-bond donors (Lipinski definition) is 0. The zero-order chi connectivity index (χ0) is 26.9. The number of hydrogen-bond acceptors (Lipinski definition) is 5. The lowest BCUT2D eigenvalue weighted by Crippen LogP contribution is -2.44. The van der Waals surface area contributed by atoms with E-state index >= 15 is 0 Å². The Bertz CT molecular complexity index is 1640. The van der Waals surface area contributed by atoms with E-state index in [1.165, 1.54) is 5.69 Å². The lowest BCUT2D eigenvalue weighted by atomic mass is 10.1. The number of para-hydroxylation sites is 4. The molecule has 0 atom stereocenters. The summed E-state index contributed by atoms with van der Waals surface area (Å²) < 4.78 is 6.03. The number of aromatic nitrogens is 4. The van der Waals surface area contributed by atoms with E-state index in [1.54, 1.807) is 0 Å². The third kappa shape index (κ3) is 5.10. The van der Waals surface area contributed by atoms with Crippen LogP contribution in [0.3, 0.4) is 0 Å². The van der Waals surface area contributed by atoms with Crippen LogP contribution in [0.2, 0.25) is 0 Å². The molecule has 8 heteroatoms. The number of fused-ring (bicyclic) bond motifs is 2. The summed E-state index contributed by atoms with van der Waals surface area (Å²) in [5, 5.41) is 0. The fourth-order valence-corrected chi connectivity index (χ4v) is 5.57. The van der Waals surface area contributed by atoms with Crippen molar-refractivity contribution in [1.82, 2.24) is 28.5 Å². The van der Waals surface area contributed by atoms with Crippen LogP contribution in [-0.4, -0.2) is 82.4 Å². The summed E-state index contributed by atoms with van der Waals surface area (Å²) in [6, 6.07) is 25.0. The molecule has 39 heavy (non-hydrogen) atoms. The zero-order valence-electron chi connectivity index (χ0n) is 23.1. The van der Waals surface area contributed by atoms with Gasteiger partial charge in [-0.25, -0.2) is 9.78 Å². The first-order valence-electron chi connectivity index (χ1n) is 13.8. The van der Waals surface area contributed by atoms with Gasteiger partial charge in [-0.3, -0.25) is 9.13 Å². The highest BCUT2D eigenvalue weighted by Gasteiger charge is 2.18. The van der Waals surface area contributed by atoms with Crippen molar-refractivity contribution in [1.29, 1.82) is 0 Å². The molecular weight excluding hydrogens is 486 g/mol. The Labute approximate surface area is 229 Å². The monoisotopic (exact) mass is 523 g/mol. The van der Waals surface area contributed by atoms with E-state index in [2.05, 4.69) is 70.7 Å². The highest BCUT2D eigenvalue weighted by Crippen LogP contribution is 2.21. The van der Waals surface area contributed by atoms with Crippen molar-refractivity contribution in [2.45, 2.75) is 19.6 Å². The van der Waals surface area contributed by atoms with Gasteiger partial charge in [-0.15, -0.1) is 0 Å². The second kappa shape index (κ2) is 10.7. The molecule has 0 saturated carbocycles. The molecule has 202 valence electrons. The van der Waals surface area contributed by atoms with Gasteiger partial charge in [-0.2, -0.15) is 0 Å². The van der Waals surface area contributed by atoms with E-state index in [-0.39, 0.29) is 5.69 Å². The summed E-state index contributed by atoms with van der Waals surface area (Å²) in [6.45, 7) is 6.93. The normalized spacial score (nSPS) is 14.7. The van der Waals surface area contributed by atoms with Crippen molar-refractivity contribution in [2.24, 2.45) is 0 Å². The van der Waals surface area contributed by atoms with Gasteiger partial charge in [0.15, 0.2) is 0 Å². The smallest absolute Gasteiger partial charge is 0.329 e. The van der Waals surface area contributed by atoms with Gasteiger partial charge >= 0.3 is 5.69 Å². The van der Waals surface area contributed by atoms with Crippen LogP contribution >= 0.6 is 0 Å². The highest BCUT2D eigenvalue weighted by atomic mass is 16.1. The Morgan fingerprint density at radius 1 is 0.744 bits per heavy atom. The molecule has 1 aliphatic heterocycles. The van der Waals surface area contributed by atoms with Gasteiger partial charge in [0, 0.05) is 45.0 Å².